The Balaban J connectivity index is 1.54. The molecular formula is C29H38N8O4. The molecule has 5 heterocycles. The van der Waals surface area contributed by atoms with Gasteiger partial charge in [0.15, 0.2) is 5.65 Å². The number of H-pyrrole nitrogens is 1. The maximum atomic E-state index is 10.3. The molecular weight excluding hydrogens is 524 g/mol. The number of fused-ring (bicyclic) bond motifs is 4. The first-order valence-electron chi connectivity index (χ1n) is 14.2. The van der Waals surface area contributed by atoms with Gasteiger partial charge in [0.1, 0.15) is 6.61 Å². The first-order chi connectivity index (χ1) is 19.9. The highest BCUT2D eigenvalue weighted by atomic mass is 16.5. The third kappa shape index (κ3) is 5.34. The fourth-order valence-electron chi connectivity index (χ4n) is 5.59. The number of nitrogens with zero attached hydrogens (tertiary/aromatic N) is 7. The average molecular weight is 563 g/mol. The number of aliphatic hydroxyl groups excluding tert-OH is 1. The summed E-state index contributed by atoms with van der Waals surface area (Å²) in [5.41, 5.74) is 5.84. The lowest BCUT2D eigenvalue weighted by Gasteiger charge is -2.29. The predicted octanol–water partition coefficient (Wildman–Crippen LogP) is 3.40. The van der Waals surface area contributed by atoms with Gasteiger partial charge in [-0.2, -0.15) is 10.2 Å². The highest BCUT2D eigenvalue weighted by molar-refractivity contribution is 5.91. The molecule has 1 aliphatic heterocycles. The Kier molecular flexibility index (Phi) is 7.54. The average Bonchev–Trinajstić information content (AvgIpc) is 3.52. The second-order valence-electron chi connectivity index (χ2n) is 10.9. The number of ether oxygens (including phenoxy) is 3. The van der Waals surface area contributed by atoms with E-state index in [0.717, 1.165) is 52.0 Å². The van der Waals surface area contributed by atoms with E-state index in [9.17, 15) is 5.11 Å². The minimum Gasteiger partial charge on any atom is -0.476 e. The summed E-state index contributed by atoms with van der Waals surface area (Å²) < 4.78 is 21.7. The summed E-state index contributed by atoms with van der Waals surface area (Å²) in [6, 6.07) is 2.61. The quantitative estimate of drug-likeness (QED) is 0.348. The van der Waals surface area contributed by atoms with E-state index in [-0.39, 0.29) is 6.04 Å². The van der Waals surface area contributed by atoms with Crippen molar-refractivity contribution in [1.82, 2.24) is 39.6 Å². The zero-order valence-electron chi connectivity index (χ0n) is 24.3. The largest absolute Gasteiger partial charge is 0.476 e. The van der Waals surface area contributed by atoms with Gasteiger partial charge < -0.3 is 19.3 Å². The van der Waals surface area contributed by atoms with Crippen LogP contribution in [0.3, 0.4) is 0 Å². The van der Waals surface area contributed by atoms with Crippen LogP contribution in [0.15, 0.2) is 12.3 Å². The smallest absolute Gasteiger partial charge is 0.240 e. The van der Waals surface area contributed by atoms with E-state index >= 15 is 0 Å². The Morgan fingerprint density at radius 2 is 2.07 bits per heavy atom. The summed E-state index contributed by atoms with van der Waals surface area (Å²) in [4.78, 5) is 7.13. The molecule has 4 aromatic heterocycles. The van der Waals surface area contributed by atoms with Gasteiger partial charge in [0.25, 0.3) is 0 Å². The number of methoxy groups -OCH3 is 1. The van der Waals surface area contributed by atoms with Crippen molar-refractivity contribution in [2.45, 2.75) is 71.5 Å². The summed E-state index contributed by atoms with van der Waals surface area (Å²) in [7, 11) is 3.56. The highest BCUT2D eigenvalue weighted by Gasteiger charge is 2.35. The third-order valence-electron chi connectivity index (χ3n) is 7.65. The normalized spacial score (nSPS) is 19.3. The Morgan fingerprint density at radius 1 is 1.24 bits per heavy atom. The van der Waals surface area contributed by atoms with Gasteiger partial charge in [-0.3, -0.25) is 14.7 Å². The van der Waals surface area contributed by atoms with Crippen LogP contribution in [0.5, 0.6) is 11.8 Å². The molecule has 1 saturated carbocycles. The number of aromatic nitrogens is 7. The molecule has 0 amide bonds. The molecule has 0 radical (unpaired) electrons. The van der Waals surface area contributed by atoms with E-state index in [1.54, 1.807) is 18.7 Å². The lowest BCUT2D eigenvalue weighted by molar-refractivity contribution is 0.120. The first kappa shape index (κ1) is 27.4. The minimum absolute atomic E-state index is 0.0982. The van der Waals surface area contributed by atoms with Crippen LogP contribution in [0.25, 0.3) is 34.3 Å². The van der Waals surface area contributed by atoms with Crippen LogP contribution < -0.4 is 9.47 Å². The molecule has 1 fully saturated rings. The zero-order chi connectivity index (χ0) is 28.7. The van der Waals surface area contributed by atoms with Crippen molar-refractivity contribution in [3.8, 4) is 22.9 Å². The van der Waals surface area contributed by atoms with Crippen LogP contribution in [0.2, 0.25) is 0 Å². The van der Waals surface area contributed by atoms with E-state index < -0.39 is 6.10 Å². The van der Waals surface area contributed by atoms with E-state index in [2.05, 4.69) is 33.1 Å². The lowest BCUT2D eigenvalue weighted by atomic mass is 10.1. The Morgan fingerprint density at radius 3 is 2.80 bits per heavy atom. The molecule has 0 spiro atoms. The summed E-state index contributed by atoms with van der Waals surface area (Å²) in [6.45, 7) is 8.23. The summed E-state index contributed by atoms with van der Waals surface area (Å²) >= 11 is 0. The molecule has 218 valence electrons. The maximum Gasteiger partial charge on any atom is 0.240 e. The van der Waals surface area contributed by atoms with Crippen molar-refractivity contribution in [3.05, 3.63) is 34.9 Å². The molecule has 2 bridgehead atoms. The zero-order valence-corrected chi connectivity index (χ0v) is 24.3. The van der Waals surface area contributed by atoms with Gasteiger partial charge in [0.2, 0.25) is 11.8 Å². The topological polar surface area (TPSA) is 128 Å². The third-order valence-corrected chi connectivity index (χ3v) is 7.65. The second kappa shape index (κ2) is 11.3. The SMILES string of the molecule is CCOc1nn(C[C@H](C)O)c2c1/C=C/c1[nH]nc3ncc(cc13)-c1c(COC)nn(C)c1OC[C@@H](C)N(C1CC1)C2. The minimum atomic E-state index is -0.560. The van der Waals surface area contributed by atoms with Crippen molar-refractivity contribution in [1.29, 1.82) is 0 Å². The number of aromatic amines is 1. The first-order valence-corrected chi connectivity index (χ1v) is 14.2. The molecule has 0 saturated heterocycles. The second-order valence-corrected chi connectivity index (χ2v) is 10.9. The summed E-state index contributed by atoms with van der Waals surface area (Å²) in [5, 5.41) is 28.3. The van der Waals surface area contributed by atoms with Crippen LogP contribution in [-0.2, 0) is 31.5 Å². The fourth-order valence-corrected chi connectivity index (χ4v) is 5.59. The van der Waals surface area contributed by atoms with E-state index in [1.807, 2.05) is 37.0 Å². The van der Waals surface area contributed by atoms with Crippen LogP contribution in [0, 0.1) is 0 Å². The number of pyridine rings is 1. The van der Waals surface area contributed by atoms with Crippen molar-refractivity contribution in [3.63, 3.8) is 0 Å². The predicted molar refractivity (Wildman–Crippen MR) is 154 cm³/mol. The number of aryl methyl sites for hydroxylation is 1. The number of rotatable bonds is 7. The van der Waals surface area contributed by atoms with Gasteiger partial charge in [-0.15, -0.1) is 5.10 Å². The molecule has 41 heavy (non-hydrogen) atoms. The highest BCUT2D eigenvalue weighted by Crippen LogP contribution is 2.37. The van der Waals surface area contributed by atoms with E-state index in [0.29, 0.717) is 56.4 Å². The van der Waals surface area contributed by atoms with Crippen molar-refractivity contribution < 1.29 is 19.3 Å². The molecule has 0 aromatic carbocycles. The molecule has 2 aliphatic rings. The van der Waals surface area contributed by atoms with Gasteiger partial charge in [-0.25, -0.2) is 9.67 Å². The van der Waals surface area contributed by atoms with Gasteiger partial charge in [-0.1, -0.05) is 0 Å². The maximum absolute atomic E-state index is 10.3. The van der Waals surface area contributed by atoms with Crippen LogP contribution in [0.4, 0.5) is 0 Å². The Labute approximate surface area is 238 Å². The molecule has 0 unspecified atom stereocenters. The van der Waals surface area contributed by atoms with Gasteiger partial charge in [0, 0.05) is 49.9 Å². The monoisotopic (exact) mass is 562 g/mol. The molecule has 2 atom stereocenters. The van der Waals surface area contributed by atoms with Crippen molar-refractivity contribution in [2.75, 3.05) is 20.3 Å². The summed E-state index contributed by atoms with van der Waals surface area (Å²) in [5.74, 6) is 1.23. The molecule has 6 rings (SSSR count). The van der Waals surface area contributed by atoms with Crippen molar-refractivity contribution >= 4 is 23.2 Å². The van der Waals surface area contributed by atoms with Crippen LogP contribution in [0.1, 0.15) is 56.3 Å². The summed E-state index contributed by atoms with van der Waals surface area (Å²) in [6.07, 6.45) is 7.55. The molecule has 12 nitrogen and oxygen atoms in total. The lowest BCUT2D eigenvalue weighted by Crippen LogP contribution is -2.39. The molecule has 2 N–H and O–H groups in total. The van der Waals surface area contributed by atoms with Crippen LogP contribution >= 0.6 is 0 Å². The Bertz CT molecular complexity index is 1560. The van der Waals surface area contributed by atoms with Gasteiger partial charge in [0.05, 0.1) is 54.1 Å². The fraction of sp³-hybridized carbons (Fsp3) is 0.517. The van der Waals surface area contributed by atoms with Gasteiger partial charge in [-0.05, 0) is 51.8 Å². The van der Waals surface area contributed by atoms with Crippen molar-refractivity contribution in [2.24, 2.45) is 7.05 Å². The number of hydrogen-bond donors (Lipinski definition) is 2. The molecule has 12 heteroatoms. The molecule has 4 aromatic rings. The standard InChI is InChI=1S/C29H38N8O4/c1-6-40-28-21-9-10-23-22-11-19(12-30-27(22)32-31-23)26-24(16-39-5)33-35(4)29(26)41-15-17(2)36(20-7-8-20)14-25(21)37(34-28)13-18(3)38/h9-12,17-18,20,38H,6-8,13-16H2,1-5H3,(H,30,31,32)/b10-9+/t17-,18+/m1/s1. The van der Waals surface area contributed by atoms with Gasteiger partial charge >= 0.3 is 0 Å². The Hall–Kier alpha value is -3.74. The van der Waals surface area contributed by atoms with E-state index in [1.165, 1.54) is 0 Å². The van der Waals surface area contributed by atoms with E-state index in [4.69, 9.17) is 24.4 Å². The number of nitrogens with one attached hydrogen (secondary N) is 1. The van der Waals surface area contributed by atoms with Crippen LogP contribution in [-0.4, -0.2) is 83.3 Å². The number of aliphatic hydroxyl groups is 1. The number of hydrogen-bond acceptors (Lipinski definition) is 9. The molecule has 1 aliphatic carbocycles.